The topological polar surface area (TPSA) is 58.4 Å². The number of hydrogen-bond donors (Lipinski definition) is 1. The lowest BCUT2D eigenvalue weighted by Crippen LogP contribution is -2.34. The van der Waals surface area contributed by atoms with Crippen LogP contribution in [0.4, 0.5) is 0 Å². The molecule has 150 valence electrons. The Balaban J connectivity index is 1.70. The maximum absolute atomic E-state index is 13.4. The van der Waals surface area contributed by atoms with Crippen LogP contribution < -0.4 is 0 Å². The van der Waals surface area contributed by atoms with Gasteiger partial charge >= 0.3 is 0 Å². The predicted molar refractivity (Wildman–Crippen MR) is 116 cm³/mol. The zero-order valence-electron chi connectivity index (χ0n) is 16.2. The average Bonchev–Trinajstić information content (AvgIpc) is 3.14. The normalized spacial score (nSPS) is 13.2. The minimum Gasteiger partial charge on any atom is -0.395 e. The summed E-state index contributed by atoms with van der Waals surface area (Å²) in [5.74, 6) is -0.114. The molecule has 0 radical (unpaired) electrons. The Labute approximate surface area is 179 Å². The van der Waals surface area contributed by atoms with Crippen LogP contribution in [0.15, 0.2) is 59.1 Å². The van der Waals surface area contributed by atoms with Crippen molar-refractivity contribution in [3.8, 4) is 5.69 Å². The van der Waals surface area contributed by atoms with Gasteiger partial charge in [0, 0.05) is 28.8 Å². The molecule has 1 N–H and O–H groups in total. The lowest BCUT2D eigenvalue weighted by atomic mass is 9.95. The third-order valence-electron chi connectivity index (χ3n) is 5.33. The summed E-state index contributed by atoms with van der Waals surface area (Å²) in [4.78, 5) is 15.1. The van der Waals surface area contributed by atoms with Gasteiger partial charge in [-0.05, 0) is 55.5 Å². The molecule has 0 bridgehead atoms. The van der Waals surface area contributed by atoms with Gasteiger partial charge in [0.2, 0.25) is 0 Å². The molecular weight excluding hydrogens is 430 g/mol. The third kappa shape index (κ3) is 4.28. The molecule has 2 aromatic carbocycles. The van der Waals surface area contributed by atoms with Crippen molar-refractivity contribution in [3.63, 3.8) is 0 Å². The molecule has 1 heterocycles. The summed E-state index contributed by atoms with van der Waals surface area (Å²) in [7, 11) is 0. The molecule has 5 nitrogen and oxygen atoms in total. The van der Waals surface area contributed by atoms with Crippen LogP contribution in [-0.2, 0) is 19.4 Å². The van der Waals surface area contributed by atoms with Gasteiger partial charge in [-0.1, -0.05) is 46.3 Å². The van der Waals surface area contributed by atoms with Gasteiger partial charge < -0.3 is 10.0 Å². The smallest absolute Gasteiger partial charge is 0.275 e. The summed E-state index contributed by atoms with van der Waals surface area (Å²) in [5.41, 5.74) is 4.70. The van der Waals surface area contributed by atoms with Gasteiger partial charge in [0.25, 0.3) is 5.91 Å². The van der Waals surface area contributed by atoms with E-state index >= 15 is 0 Å². The van der Waals surface area contributed by atoms with E-state index in [0.29, 0.717) is 12.2 Å². The lowest BCUT2D eigenvalue weighted by Gasteiger charge is -2.22. The number of rotatable bonds is 6. The van der Waals surface area contributed by atoms with Gasteiger partial charge in [-0.3, -0.25) is 4.79 Å². The fourth-order valence-electron chi connectivity index (χ4n) is 3.89. The molecule has 1 aliphatic carbocycles. The summed E-state index contributed by atoms with van der Waals surface area (Å²) < 4.78 is 2.93. The second-order valence-corrected chi connectivity index (χ2v) is 8.22. The maximum Gasteiger partial charge on any atom is 0.275 e. The standard InChI is InChI=1S/C23H24BrN3O2/c24-18-10-12-19(13-11-18)27-21-9-5-4-8-20(21)22(25-27)23(29)26(14-15-28)16-17-6-2-1-3-7-17/h1-3,6-7,10-13,28H,4-5,8-9,14-16H2. The van der Waals surface area contributed by atoms with Gasteiger partial charge in [-0.25, -0.2) is 4.68 Å². The van der Waals surface area contributed by atoms with Crippen LogP contribution in [0, 0.1) is 0 Å². The van der Waals surface area contributed by atoms with Crippen molar-refractivity contribution in [2.45, 2.75) is 32.2 Å². The van der Waals surface area contributed by atoms with E-state index in [1.54, 1.807) is 4.90 Å². The number of aromatic nitrogens is 2. The molecule has 0 unspecified atom stereocenters. The van der Waals surface area contributed by atoms with Crippen LogP contribution in [0.1, 0.15) is 40.2 Å². The van der Waals surface area contributed by atoms with Crippen LogP contribution in [0.2, 0.25) is 0 Å². The van der Waals surface area contributed by atoms with Gasteiger partial charge in [0.15, 0.2) is 5.69 Å². The highest BCUT2D eigenvalue weighted by molar-refractivity contribution is 9.10. The van der Waals surface area contributed by atoms with E-state index in [-0.39, 0.29) is 19.1 Å². The molecule has 4 rings (SSSR count). The molecule has 1 aromatic heterocycles. The van der Waals surface area contributed by atoms with E-state index in [2.05, 4.69) is 15.9 Å². The average molecular weight is 454 g/mol. The van der Waals surface area contributed by atoms with Crippen molar-refractivity contribution in [2.24, 2.45) is 0 Å². The lowest BCUT2D eigenvalue weighted by molar-refractivity contribution is 0.0700. The quantitative estimate of drug-likeness (QED) is 0.609. The van der Waals surface area contributed by atoms with Crippen LogP contribution in [-0.4, -0.2) is 38.8 Å². The van der Waals surface area contributed by atoms with Crippen molar-refractivity contribution in [1.29, 1.82) is 0 Å². The van der Waals surface area contributed by atoms with Crippen LogP contribution in [0.25, 0.3) is 5.69 Å². The number of fused-ring (bicyclic) bond motifs is 1. The van der Waals surface area contributed by atoms with Crippen LogP contribution in [0.5, 0.6) is 0 Å². The largest absolute Gasteiger partial charge is 0.395 e. The molecule has 0 saturated heterocycles. The summed E-state index contributed by atoms with van der Waals surface area (Å²) in [6.07, 6.45) is 3.96. The number of carbonyl (C=O) groups excluding carboxylic acids is 1. The van der Waals surface area contributed by atoms with E-state index in [0.717, 1.165) is 52.7 Å². The number of benzene rings is 2. The maximum atomic E-state index is 13.4. The van der Waals surface area contributed by atoms with Crippen molar-refractivity contribution < 1.29 is 9.90 Å². The molecule has 1 amide bonds. The highest BCUT2D eigenvalue weighted by Gasteiger charge is 2.28. The van der Waals surface area contributed by atoms with Gasteiger partial charge in [-0.15, -0.1) is 0 Å². The van der Waals surface area contributed by atoms with Crippen LogP contribution >= 0.6 is 15.9 Å². The molecule has 29 heavy (non-hydrogen) atoms. The molecule has 6 heteroatoms. The molecule has 0 spiro atoms. The van der Waals surface area contributed by atoms with Crippen molar-refractivity contribution in [1.82, 2.24) is 14.7 Å². The number of amides is 1. The molecule has 1 aliphatic rings. The Morgan fingerprint density at radius 1 is 1.07 bits per heavy atom. The Morgan fingerprint density at radius 2 is 1.79 bits per heavy atom. The van der Waals surface area contributed by atoms with Gasteiger partial charge in [0.05, 0.1) is 12.3 Å². The van der Waals surface area contributed by atoms with E-state index in [4.69, 9.17) is 5.10 Å². The zero-order chi connectivity index (χ0) is 20.2. The van der Waals surface area contributed by atoms with Crippen molar-refractivity contribution in [3.05, 3.63) is 81.6 Å². The minimum atomic E-state index is -0.114. The second kappa shape index (κ2) is 8.93. The highest BCUT2D eigenvalue weighted by atomic mass is 79.9. The third-order valence-corrected chi connectivity index (χ3v) is 5.86. The SMILES string of the molecule is O=C(c1nn(-c2ccc(Br)cc2)c2c1CCCC2)N(CCO)Cc1ccccc1. The summed E-state index contributed by atoms with van der Waals surface area (Å²) in [6.45, 7) is 0.669. The molecule has 3 aromatic rings. The minimum absolute atomic E-state index is 0.0752. The Hall–Kier alpha value is -2.44. The highest BCUT2D eigenvalue weighted by Crippen LogP contribution is 2.28. The summed E-state index contributed by atoms with van der Waals surface area (Å²) >= 11 is 3.48. The Kier molecular flexibility index (Phi) is 6.11. The number of aliphatic hydroxyl groups is 1. The first-order valence-electron chi connectivity index (χ1n) is 9.98. The number of nitrogens with zero attached hydrogens (tertiary/aromatic N) is 3. The van der Waals surface area contributed by atoms with E-state index in [1.807, 2.05) is 59.3 Å². The first kappa shape index (κ1) is 19.9. The molecule has 0 atom stereocenters. The number of carbonyl (C=O) groups is 1. The number of aliphatic hydroxyl groups excluding tert-OH is 1. The molecule has 0 fully saturated rings. The Bertz CT molecular complexity index is 983. The first-order valence-corrected chi connectivity index (χ1v) is 10.8. The Morgan fingerprint density at radius 3 is 2.52 bits per heavy atom. The fraction of sp³-hybridized carbons (Fsp3) is 0.304. The van der Waals surface area contributed by atoms with Crippen molar-refractivity contribution >= 4 is 21.8 Å². The van der Waals surface area contributed by atoms with Crippen LogP contribution in [0.3, 0.4) is 0 Å². The second-order valence-electron chi connectivity index (χ2n) is 7.31. The van der Waals surface area contributed by atoms with E-state index in [9.17, 15) is 9.90 Å². The van der Waals surface area contributed by atoms with Gasteiger partial charge in [-0.2, -0.15) is 5.10 Å². The predicted octanol–water partition coefficient (Wildman–Crippen LogP) is 4.15. The first-order chi connectivity index (χ1) is 14.2. The number of halogens is 1. The molecule has 0 saturated carbocycles. The van der Waals surface area contributed by atoms with E-state index in [1.165, 1.54) is 0 Å². The zero-order valence-corrected chi connectivity index (χ0v) is 17.8. The van der Waals surface area contributed by atoms with E-state index < -0.39 is 0 Å². The monoisotopic (exact) mass is 453 g/mol. The molecular formula is C23H24BrN3O2. The van der Waals surface area contributed by atoms with Crippen molar-refractivity contribution in [2.75, 3.05) is 13.2 Å². The summed E-state index contributed by atoms with van der Waals surface area (Å²) in [6, 6.07) is 17.9. The van der Waals surface area contributed by atoms with Gasteiger partial charge in [0.1, 0.15) is 0 Å². The fourth-order valence-corrected chi connectivity index (χ4v) is 4.16. The summed E-state index contributed by atoms with van der Waals surface area (Å²) in [5, 5.41) is 14.3. The number of hydrogen-bond acceptors (Lipinski definition) is 3. The molecule has 0 aliphatic heterocycles.